The lowest BCUT2D eigenvalue weighted by Crippen LogP contribution is -2.31. The van der Waals surface area contributed by atoms with Crippen LogP contribution >= 0.6 is 11.8 Å². The van der Waals surface area contributed by atoms with Gasteiger partial charge in [0.1, 0.15) is 10.7 Å². The summed E-state index contributed by atoms with van der Waals surface area (Å²) in [5.74, 6) is -0.256. The fraction of sp³-hybridized carbons (Fsp3) is 0.400. The molecule has 9 heteroatoms. The van der Waals surface area contributed by atoms with E-state index < -0.39 is 10.0 Å². The maximum atomic E-state index is 13.1. The molecule has 0 aliphatic carbocycles. The number of hydrogen-bond acceptors (Lipinski definition) is 5. The maximum absolute atomic E-state index is 13.1. The van der Waals surface area contributed by atoms with Crippen molar-refractivity contribution in [2.24, 2.45) is 0 Å². The van der Waals surface area contributed by atoms with Gasteiger partial charge in [0.25, 0.3) is 0 Å². The molecule has 0 fully saturated rings. The molecule has 2 aromatic rings. The van der Waals surface area contributed by atoms with Gasteiger partial charge in [-0.05, 0) is 36.8 Å². The van der Waals surface area contributed by atoms with Crippen LogP contribution in [0.4, 0.5) is 4.39 Å². The van der Waals surface area contributed by atoms with E-state index in [-0.39, 0.29) is 28.4 Å². The molecule has 0 N–H and O–H groups in total. The molecule has 0 saturated carbocycles. The Balaban J connectivity index is 1.98. The fourth-order valence-corrected chi connectivity index (χ4v) is 4.91. The Morgan fingerprint density at radius 2 is 1.76 bits per heavy atom. The summed E-state index contributed by atoms with van der Waals surface area (Å²) >= 11 is 1.24. The zero-order valence-corrected chi connectivity index (χ0v) is 18.6. The Kier molecular flexibility index (Phi) is 8.18. The standard InChI is InChI=1S/C20H26FN3O3S2/c1-5-24(6-2)29(26,27)18-11-12-19(22-13-18)28-14-20(25)23(4)15(3)16-7-9-17(21)10-8-16/h7-13,15H,5-6,14H2,1-4H3. The molecule has 1 amide bonds. The minimum atomic E-state index is -3.55. The first-order chi connectivity index (χ1) is 13.7. The summed E-state index contributed by atoms with van der Waals surface area (Å²) in [6, 6.07) is 8.99. The molecule has 0 aliphatic rings. The number of hydrogen-bond donors (Lipinski definition) is 0. The van der Waals surface area contributed by atoms with Gasteiger partial charge in [-0.2, -0.15) is 4.31 Å². The van der Waals surface area contributed by atoms with Crippen molar-refractivity contribution in [3.8, 4) is 0 Å². The van der Waals surface area contributed by atoms with Crippen LogP contribution in [0.25, 0.3) is 0 Å². The lowest BCUT2D eigenvalue weighted by atomic mass is 10.1. The molecule has 1 unspecified atom stereocenters. The van der Waals surface area contributed by atoms with E-state index in [1.807, 2.05) is 6.92 Å². The third kappa shape index (κ3) is 5.77. The molecule has 0 bridgehead atoms. The Morgan fingerprint density at radius 1 is 1.14 bits per heavy atom. The van der Waals surface area contributed by atoms with Gasteiger partial charge in [0, 0.05) is 26.3 Å². The van der Waals surface area contributed by atoms with Crippen LogP contribution in [0.5, 0.6) is 0 Å². The number of aromatic nitrogens is 1. The second-order valence-corrected chi connectivity index (χ2v) is 9.38. The first kappa shape index (κ1) is 23.3. The van der Waals surface area contributed by atoms with E-state index >= 15 is 0 Å². The molecule has 0 spiro atoms. The zero-order valence-electron chi connectivity index (χ0n) is 17.0. The molecule has 0 aliphatic heterocycles. The van der Waals surface area contributed by atoms with Crippen LogP contribution in [-0.2, 0) is 14.8 Å². The highest BCUT2D eigenvalue weighted by Gasteiger charge is 2.22. The van der Waals surface area contributed by atoms with E-state index in [1.165, 1.54) is 40.5 Å². The van der Waals surface area contributed by atoms with E-state index in [9.17, 15) is 17.6 Å². The first-order valence-electron chi connectivity index (χ1n) is 9.30. The third-order valence-corrected chi connectivity index (χ3v) is 7.68. The van der Waals surface area contributed by atoms with Gasteiger partial charge in [-0.25, -0.2) is 17.8 Å². The largest absolute Gasteiger partial charge is 0.338 e. The third-order valence-electron chi connectivity index (χ3n) is 4.72. The normalized spacial score (nSPS) is 12.8. The van der Waals surface area contributed by atoms with Crippen molar-refractivity contribution >= 4 is 27.7 Å². The molecular weight excluding hydrogens is 413 g/mol. The van der Waals surface area contributed by atoms with Crippen molar-refractivity contribution in [2.75, 3.05) is 25.9 Å². The lowest BCUT2D eigenvalue weighted by molar-refractivity contribution is -0.128. The van der Waals surface area contributed by atoms with Crippen LogP contribution in [0.1, 0.15) is 32.4 Å². The SMILES string of the molecule is CCN(CC)S(=O)(=O)c1ccc(SCC(=O)N(C)C(C)c2ccc(F)cc2)nc1. The predicted octanol–water partition coefficient (Wildman–Crippen LogP) is 3.56. The van der Waals surface area contributed by atoms with Crippen LogP contribution in [0.3, 0.4) is 0 Å². The second-order valence-electron chi connectivity index (χ2n) is 6.44. The Hall–Kier alpha value is -1.97. The van der Waals surface area contributed by atoms with Crippen LogP contribution < -0.4 is 0 Å². The van der Waals surface area contributed by atoms with Crippen molar-refractivity contribution in [1.82, 2.24) is 14.2 Å². The molecule has 0 radical (unpaired) electrons. The molecule has 158 valence electrons. The number of carbonyl (C=O) groups is 1. The Labute approximate surface area is 176 Å². The molecule has 1 atom stereocenters. The Morgan fingerprint density at radius 3 is 2.28 bits per heavy atom. The fourth-order valence-electron chi connectivity index (χ4n) is 2.74. The molecule has 0 saturated heterocycles. The van der Waals surface area contributed by atoms with Gasteiger partial charge >= 0.3 is 0 Å². The van der Waals surface area contributed by atoms with Gasteiger partial charge in [0.15, 0.2) is 0 Å². The minimum absolute atomic E-state index is 0.103. The molecule has 1 aromatic heterocycles. The van der Waals surface area contributed by atoms with Gasteiger partial charge in [0.05, 0.1) is 16.8 Å². The quantitative estimate of drug-likeness (QED) is 0.559. The number of benzene rings is 1. The average molecular weight is 440 g/mol. The number of carbonyl (C=O) groups excluding carboxylic acids is 1. The number of halogens is 1. The Bertz CT molecular complexity index is 915. The monoisotopic (exact) mass is 439 g/mol. The predicted molar refractivity (Wildman–Crippen MR) is 113 cm³/mol. The van der Waals surface area contributed by atoms with E-state index in [2.05, 4.69) is 4.98 Å². The number of nitrogens with zero attached hydrogens (tertiary/aromatic N) is 3. The summed E-state index contributed by atoms with van der Waals surface area (Å²) < 4.78 is 39.4. The van der Waals surface area contributed by atoms with E-state index in [0.29, 0.717) is 18.1 Å². The maximum Gasteiger partial charge on any atom is 0.244 e. The van der Waals surface area contributed by atoms with Crippen LogP contribution in [-0.4, -0.2) is 54.4 Å². The highest BCUT2D eigenvalue weighted by atomic mass is 32.2. The van der Waals surface area contributed by atoms with E-state index in [1.54, 1.807) is 44.0 Å². The van der Waals surface area contributed by atoms with Crippen LogP contribution in [0, 0.1) is 5.82 Å². The van der Waals surface area contributed by atoms with Crippen molar-refractivity contribution in [1.29, 1.82) is 0 Å². The number of amides is 1. The van der Waals surface area contributed by atoms with Crippen molar-refractivity contribution < 1.29 is 17.6 Å². The van der Waals surface area contributed by atoms with Gasteiger partial charge in [-0.15, -0.1) is 0 Å². The van der Waals surface area contributed by atoms with Crippen molar-refractivity contribution in [3.05, 3.63) is 54.0 Å². The summed E-state index contributed by atoms with van der Waals surface area (Å²) in [6.07, 6.45) is 1.32. The van der Waals surface area contributed by atoms with Gasteiger partial charge < -0.3 is 4.90 Å². The molecule has 29 heavy (non-hydrogen) atoms. The highest BCUT2D eigenvalue weighted by molar-refractivity contribution is 7.99. The summed E-state index contributed by atoms with van der Waals surface area (Å²) in [6.45, 7) is 6.23. The summed E-state index contributed by atoms with van der Waals surface area (Å²) in [4.78, 5) is 18.4. The molecule has 1 aromatic carbocycles. The molecule has 1 heterocycles. The highest BCUT2D eigenvalue weighted by Crippen LogP contribution is 2.23. The number of thioether (sulfide) groups is 1. The van der Waals surface area contributed by atoms with Gasteiger partial charge in [-0.1, -0.05) is 37.7 Å². The molecule has 6 nitrogen and oxygen atoms in total. The van der Waals surface area contributed by atoms with Crippen molar-refractivity contribution in [2.45, 2.75) is 36.7 Å². The minimum Gasteiger partial charge on any atom is -0.338 e. The van der Waals surface area contributed by atoms with E-state index in [0.717, 1.165) is 5.56 Å². The van der Waals surface area contributed by atoms with Gasteiger partial charge in [-0.3, -0.25) is 4.79 Å². The number of pyridine rings is 1. The average Bonchev–Trinajstić information content (AvgIpc) is 2.72. The van der Waals surface area contributed by atoms with Gasteiger partial charge in [0.2, 0.25) is 15.9 Å². The lowest BCUT2D eigenvalue weighted by Gasteiger charge is -2.25. The smallest absolute Gasteiger partial charge is 0.244 e. The van der Waals surface area contributed by atoms with Crippen LogP contribution in [0.2, 0.25) is 0 Å². The molecular formula is C20H26FN3O3S2. The summed E-state index contributed by atoms with van der Waals surface area (Å²) in [5.41, 5.74) is 0.844. The van der Waals surface area contributed by atoms with E-state index in [4.69, 9.17) is 0 Å². The summed E-state index contributed by atoms with van der Waals surface area (Å²) in [5, 5.41) is 0.569. The van der Waals surface area contributed by atoms with Crippen LogP contribution in [0.15, 0.2) is 52.5 Å². The molecule has 2 rings (SSSR count). The number of rotatable bonds is 9. The van der Waals surface area contributed by atoms with Crippen molar-refractivity contribution in [3.63, 3.8) is 0 Å². The number of sulfonamides is 1. The second kappa shape index (κ2) is 10.2. The zero-order chi connectivity index (χ0) is 21.6. The topological polar surface area (TPSA) is 70.6 Å². The first-order valence-corrected chi connectivity index (χ1v) is 11.7. The summed E-state index contributed by atoms with van der Waals surface area (Å²) in [7, 11) is -1.85.